The van der Waals surface area contributed by atoms with E-state index >= 15 is 0 Å². The van der Waals surface area contributed by atoms with Crippen LogP contribution in [0.2, 0.25) is 0 Å². The molecule has 2 amide bonds. The summed E-state index contributed by atoms with van der Waals surface area (Å²) in [6, 6.07) is 0. The summed E-state index contributed by atoms with van der Waals surface area (Å²) in [6.45, 7) is 4.11. The van der Waals surface area contributed by atoms with E-state index < -0.39 is 0 Å². The summed E-state index contributed by atoms with van der Waals surface area (Å²) in [5.41, 5.74) is 0.835. The van der Waals surface area contributed by atoms with Crippen LogP contribution >= 0.6 is 0 Å². The second-order valence-corrected chi connectivity index (χ2v) is 5.31. The fourth-order valence-corrected chi connectivity index (χ4v) is 1.87. The Kier molecular flexibility index (Phi) is 5.68. The van der Waals surface area contributed by atoms with Gasteiger partial charge in [0.2, 0.25) is 11.8 Å². The number of aromatic nitrogens is 3. The third kappa shape index (κ3) is 6.35. The zero-order chi connectivity index (χ0) is 15.1. The molecule has 3 N–H and O–H groups in total. The van der Waals surface area contributed by atoms with Crippen LogP contribution in [-0.2, 0) is 22.7 Å². The Labute approximate surface area is 123 Å². The van der Waals surface area contributed by atoms with E-state index in [1.165, 1.54) is 24.4 Å². The van der Waals surface area contributed by atoms with Gasteiger partial charge in [0.05, 0.1) is 11.9 Å². The molecule has 8 heteroatoms. The highest BCUT2D eigenvalue weighted by molar-refractivity contribution is 5.76. The summed E-state index contributed by atoms with van der Waals surface area (Å²) in [7, 11) is 0. The number of nitrogens with zero attached hydrogens (tertiary/aromatic N) is 3. The number of carbonyl (C=O) groups is 2. The zero-order valence-electron chi connectivity index (χ0n) is 12.3. The van der Waals surface area contributed by atoms with E-state index in [1.807, 2.05) is 0 Å². The topological polar surface area (TPSA) is 101 Å². The van der Waals surface area contributed by atoms with E-state index in [1.54, 1.807) is 6.20 Å². The molecule has 0 aliphatic heterocycles. The van der Waals surface area contributed by atoms with E-state index in [9.17, 15) is 9.59 Å². The first-order chi connectivity index (χ1) is 10.1. The maximum Gasteiger partial charge on any atom is 0.241 e. The van der Waals surface area contributed by atoms with Crippen molar-refractivity contribution in [2.75, 3.05) is 19.6 Å². The average molecular weight is 294 g/mol. The van der Waals surface area contributed by atoms with Gasteiger partial charge in [0.1, 0.15) is 6.54 Å². The summed E-state index contributed by atoms with van der Waals surface area (Å²) >= 11 is 0. The molecule has 1 saturated carbocycles. The van der Waals surface area contributed by atoms with E-state index in [4.69, 9.17) is 0 Å². The molecule has 0 saturated heterocycles. The van der Waals surface area contributed by atoms with Gasteiger partial charge in [-0.25, -0.2) is 4.68 Å². The second kappa shape index (κ2) is 7.72. The summed E-state index contributed by atoms with van der Waals surface area (Å²) in [5, 5.41) is 16.6. The minimum absolute atomic E-state index is 0.108. The van der Waals surface area contributed by atoms with Gasteiger partial charge >= 0.3 is 0 Å². The molecular weight excluding hydrogens is 272 g/mol. The Hall–Kier alpha value is -1.96. The van der Waals surface area contributed by atoms with Gasteiger partial charge < -0.3 is 16.0 Å². The van der Waals surface area contributed by atoms with Crippen molar-refractivity contribution in [2.45, 2.75) is 32.9 Å². The molecule has 1 aliphatic rings. The first-order valence-corrected chi connectivity index (χ1v) is 7.24. The smallest absolute Gasteiger partial charge is 0.241 e. The molecule has 8 nitrogen and oxygen atoms in total. The summed E-state index contributed by atoms with van der Waals surface area (Å²) in [6.07, 6.45) is 4.41. The van der Waals surface area contributed by atoms with Gasteiger partial charge in [-0.1, -0.05) is 5.21 Å². The van der Waals surface area contributed by atoms with E-state index in [2.05, 4.69) is 26.3 Å². The molecule has 0 spiro atoms. The van der Waals surface area contributed by atoms with Crippen LogP contribution in [0.4, 0.5) is 0 Å². The Bertz CT molecular complexity index is 483. The third-order valence-corrected chi connectivity index (χ3v) is 3.15. The Morgan fingerprint density at radius 2 is 2.10 bits per heavy atom. The van der Waals surface area contributed by atoms with Crippen molar-refractivity contribution in [1.29, 1.82) is 0 Å². The highest BCUT2D eigenvalue weighted by Gasteiger charge is 2.20. The number of hydrogen-bond acceptors (Lipinski definition) is 5. The molecule has 1 aromatic heterocycles. The molecule has 1 aliphatic carbocycles. The lowest BCUT2D eigenvalue weighted by molar-refractivity contribution is -0.122. The molecule has 0 bridgehead atoms. The molecule has 1 aromatic rings. The predicted molar refractivity (Wildman–Crippen MR) is 76.1 cm³/mol. The van der Waals surface area contributed by atoms with Gasteiger partial charge in [-0.3, -0.25) is 9.59 Å². The highest BCUT2D eigenvalue weighted by atomic mass is 16.2. The van der Waals surface area contributed by atoms with Crippen molar-refractivity contribution in [1.82, 2.24) is 30.9 Å². The first kappa shape index (κ1) is 15.4. The Morgan fingerprint density at radius 3 is 2.81 bits per heavy atom. The maximum atomic E-state index is 11.6. The van der Waals surface area contributed by atoms with Gasteiger partial charge in [0.25, 0.3) is 0 Å². The molecule has 0 atom stereocenters. The number of rotatable bonds is 9. The first-order valence-electron chi connectivity index (χ1n) is 7.24. The van der Waals surface area contributed by atoms with E-state index in [0.29, 0.717) is 19.6 Å². The molecule has 21 heavy (non-hydrogen) atoms. The van der Waals surface area contributed by atoms with Crippen LogP contribution in [-0.4, -0.2) is 46.4 Å². The summed E-state index contributed by atoms with van der Waals surface area (Å²) < 4.78 is 1.52. The lowest BCUT2D eigenvalue weighted by Gasteiger charge is -2.05. The normalized spacial score (nSPS) is 14.0. The van der Waals surface area contributed by atoms with Crippen molar-refractivity contribution in [3.63, 3.8) is 0 Å². The van der Waals surface area contributed by atoms with Gasteiger partial charge in [-0.2, -0.15) is 0 Å². The quantitative estimate of drug-likeness (QED) is 0.509. The van der Waals surface area contributed by atoms with Crippen molar-refractivity contribution in [2.24, 2.45) is 5.92 Å². The molecule has 0 unspecified atom stereocenters. The third-order valence-electron chi connectivity index (χ3n) is 3.15. The number of nitrogens with one attached hydrogen (secondary N) is 3. The van der Waals surface area contributed by atoms with Crippen molar-refractivity contribution in [3.05, 3.63) is 11.9 Å². The van der Waals surface area contributed by atoms with Crippen molar-refractivity contribution in [3.8, 4) is 0 Å². The fraction of sp³-hybridized carbons (Fsp3) is 0.692. The summed E-state index contributed by atoms with van der Waals surface area (Å²) in [5.74, 6) is 0.570. The van der Waals surface area contributed by atoms with Gasteiger partial charge in [0, 0.05) is 26.6 Å². The fourth-order valence-electron chi connectivity index (χ4n) is 1.87. The second-order valence-electron chi connectivity index (χ2n) is 5.31. The minimum Gasteiger partial charge on any atom is -0.355 e. The number of carbonyl (C=O) groups excluding carboxylic acids is 2. The van der Waals surface area contributed by atoms with Crippen LogP contribution in [0.5, 0.6) is 0 Å². The van der Waals surface area contributed by atoms with Crippen molar-refractivity contribution >= 4 is 11.8 Å². The number of hydrogen-bond donors (Lipinski definition) is 3. The predicted octanol–water partition coefficient (Wildman–Crippen LogP) is -0.970. The molecule has 0 radical (unpaired) electrons. The molecule has 116 valence electrons. The SMILES string of the molecule is CC(=O)NCCNC(=O)Cn1cc(CNCC2CC2)nn1. The van der Waals surface area contributed by atoms with Gasteiger partial charge in [-0.05, 0) is 25.3 Å². The van der Waals surface area contributed by atoms with Crippen LogP contribution in [0.15, 0.2) is 6.20 Å². The lowest BCUT2D eigenvalue weighted by Crippen LogP contribution is -2.35. The standard InChI is InChI=1S/C13H22N6O2/c1-10(20)15-4-5-16-13(21)9-19-8-12(17-18-19)7-14-6-11-2-3-11/h8,11,14H,2-7,9H2,1H3,(H,15,20)(H,16,21). The van der Waals surface area contributed by atoms with Crippen molar-refractivity contribution < 1.29 is 9.59 Å². The highest BCUT2D eigenvalue weighted by Crippen LogP contribution is 2.27. The Balaban J connectivity index is 1.61. The average Bonchev–Trinajstić information content (AvgIpc) is 3.15. The molecule has 1 fully saturated rings. The van der Waals surface area contributed by atoms with Crippen LogP contribution in [0, 0.1) is 5.92 Å². The molecule has 2 rings (SSSR count). The number of amides is 2. The lowest BCUT2D eigenvalue weighted by atomic mass is 10.4. The van der Waals surface area contributed by atoms with Crippen LogP contribution in [0.1, 0.15) is 25.5 Å². The zero-order valence-corrected chi connectivity index (χ0v) is 12.3. The molecule has 1 heterocycles. The maximum absolute atomic E-state index is 11.6. The van der Waals surface area contributed by atoms with Crippen LogP contribution in [0.25, 0.3) is 0 Å². The van der Waals surface area contributed by atoms with E-state index in [-0.39, 0.29) is 18.4 Å². The minimum atomic E-state index is -0.150. The monoisotopic (exact) mass is 294 g/mol. The summed E-state index contributed by atoms with van der Waals surface area (Å²) in [4.78, 5) is 22.3. The van der Waals surface area contributed by atoms with Crippen LogP contribution < -0.4 is 16.0 Å². The van der Waals surface area contributed by atoms with E-state index in [0.717, 1.165) is 18.2 Å². The van der Waals surface area contributed by atoms with Crippen LogP contribution in [0.3, 0.4) is 0 Å². The molecular formula is C13H22N6O2. The Morgan fingerprint density at radius 1 is 1.33 bits per heavy atom. The van der Waals surface area contributed by atoms with Gasteiger partial charge in [-0.15, -0.1) is 5.10 Å². The largest absolute Gasteiger partial charge is 0.355 e. The van der Waals surface area contributed by atoms with Gasteiger partial charge in [0.15, 0.2) is 0 Å². The molecule has 0 aromatic carbocycles.